The lowest BCUT2D eigenvalue weighted by atomic mass is 10.2. The van der Waals surface area contributed by atoms with Gasteiger partial charge in [-0.05, 0) is 17.7 Å². The molecule has 0 aliphatic carbocycles. The molecule has 150 valence electrons. The van der Waals surface area contributed by atoms with Gasteiger partial charge in [-0.2, -0.15) is 23.4 Å². The normalized spacial score (nSPS) is 11.9. The average molecular weight is 440 g/mol. The van der Waals surface area contributed by atoms with E-state index in [4.69, 9.17) is 11.6 Å². The highest BCUT2D eigenvalue weighted by atomic mass is 35.5. The number of benzene rings is 1. The van der Waals surface area contributed by atoms with Crippen molar-refractivity contribution in [2.75, 3.05) is 5.32 Å². The molecule has 1 amide bonds. The molecule has 4 aromatic rings. The maximum Gasteiger partial charge on any atom is 0.435 e. The highest BCUT2D eigenvalue weighted by Crippen LogP contribution is 2.37. The largest absolute Gasteiger partial charge is 0.435 e. The summed E-state index contributed by atoms with van der Waals surface area (Å²) < 4.78 is 42.0. The molecular weight excluding hydrogens is 427 g/mol. The van der Waals surface area contributed by atoms with E-state index < -0.39 is 17.8 Å². The number of halogens is 4. The summed E-state index contributed by atoms with van der Waals surface area (Å²) in [6, 6.07) is 10.1. The number of amides is 1. The topological polar surface area (TPSA) is 64.7 Å². The fraction of sp³-hybridized carbons (Fsp3) is 0.167. The molecule has 0 bridgehead atoms. The maximum absolute atomic E-state index is 13.1. The number of carbonyl (C=O) groups excluding carboxylic acids is 1. The summed E-state index contributed by atoms with van der Waals surface area (Å²) in [7, 11) is 1.41. The number of carbonyl (C=O) groups is 1. The van der Waals surface area contributed by atoms with Crippen molar-refractivity contribution >= 4 is 44.9 Å². The van der Waals surface area contributed by atoms with Crippen LogP contribution in [0.2, 0.25) is 5.02 Å². The van der Waals surface area contributed by atoms with Crippen LogP contribution in [0.25, 0.3) is 10.2 Å². The van der Waals surface area contributed by atoms with Crippen molar-refractivity contribution in [1.82, 2.24) is 19.6 Å². The molecule has 1 aromatic carbocycles. The van der Waals surface area contributed by atoms with Crippen LogP contribution >= 0.6 is 22.9 Å². The first kappa shape index (κ1) is 19.5. The molecule has 0 aliphatic heterocycles. The summed E-state index contributed by atoms with van der Waals surface area (Å²) in [6.45, 7) is 0.416. The number of thiophene rings is 1. The van der Waals surface area contributed by atoms with Gasteiger partial charge in [-0.25, -0.2) is 0 Å². The summed E-state index contributed by atoms with van der Waals surface area (Å²) >= 11 is 7.07. The summed E-state index contributed by atoms with van der Waals surface area (Å²) in [5, 5.41) is 10.9. The number of anilines is 1. The Kier molecular flexibility index (Phi) is 4.83. The lowest BCUT2D eigenvalue weighted by Crippen LogP contribution is -2.12. The van der Waals surface area contributed by atoms with Crippen molar-refractivity contribution in [2.45, 2.75) is 12.7 Å². The predicted octanol–water partition coefficient (Wildman–Crippen LogP) is 4.80. The number of hydrogen-bond donors (Lipinski definition) is 1. The highest BCUT2D eigenvalue weighted by molar-refractivity contribution is 7.20. The molecule has 4 rings (SSSR count). The third-order valence-corrected chi connectivity index (χ3v) is 5.75. The van der Waals surface area contributed by atoms with Gasteiger partial charge in [0.05, 0.1) is 11.4 Å². The predicted molar refractivity (Wildman–Crippen MR) is 104 cm³/mol. The van der Waals surface area contributed by atoms with E-state index in [0.29, 0.717) is 11.6 Å². The molecule has 29 heavy (non-hydrogen) atoms. The Balaban J connectivity index is 1.53. The first-order valence-electron chi connectivity index (χ1n) is 8.34. The van der Waals surface area contributed by atoms with E-state index in [-0.39, 0.29) is 20.9 Å². The van der Waals surface area contributed by atoms with Crippen molar-refractivity contribution < 1.29 is 18.0 Å². The van der Waals surface area contributed by atoms with Crippen LogP contribution < -0.4 is 5.32 Å². The minimum Gasteiger partial charge on any atom is -0.304 e. The molecule has 0 unspecified atom stereocenters. The Bertz CT molecular complexity index is 1210. The number of nitrogens with one attached hydrogen (secondary N) is 1. The SMILES string of the molecule is Cn1nc(C(F)(F)F)c2cc(C(=O)Nc3ccn(Cc4ccccc4Cl)n3)sc21. The summed E-state index contributed by atoms with van der Waals surface area (Å²) in [6.07, 6.45) is -2.92. The van der Waals surface area contributed by atoms with Crippen molar-refractivity contribution in [3.05, 3.63) is 63.8 Å². The van der Waals surface area contributed by atoms with Crippen LogP contribution in [0.15, 0.2) is 42.6 Å². The van der Waals surface area contributed by atoms with Gasteiger partial charge in [-0.3, -0.25) is 14.2 Å². The minimum atomic E-state index is -4.59. The van der Waals surface area contributed by atoms with Crippen molar-refractivity contribution in [2.24, 2.45) is 7.05 Å². The van der Waals surface area contributed by atoms with Crippen LogP contribution in [0.3, 0.4) is 0 Å². The molecule has 0 spiro atoms. The van der Waals surface area contributed by atoms with Crippen LogP contribution in [-0.2, 0) is 19.8 Å². The molecule has 0 radical (unpaired) electrons. The van der Waals surface area contributed by atoms with Gasteiger partial charge in [0, 0.05) is 29.7 Å². The third kappa shape index (κ3) is 3.85. The summed E-state index contributed by atoms with van der Waals surface area (Å²) in [4.78, 5) is 12.9. The van der Waals surface area contributed by atoms with Crippen molar-refractivity contribution in [3.8, 4) is 0 Å². The molecule has 0 fully saturated rings. The van der Waals surface area contributed by atoms with Gasteiger partial charge in [-0.1, -0.05) is 29.8 Å². The second-order valence-corrected chi connectivity index (χ2v) is 7.68. The Labute approximate surface area is 171 Å². The number of rotatable bonds is 4. The molecule has 0 saturated carbocycles. The summed E-state index contributed by atoms with van der Waals surface area (Å²) in [5.74, 6) is -0.254. The van der Waals surface area contributed by atoms with Gasteiger partial charge in [0.25, 0.3) is 5.91 Å². The second-order valence-electron chi connectivity index (χ2n) is 6.24. The molecule has 3 heterocycles. The van der Waals surface area contributed by atoms with E-state index >= 15 is 0 Å². The second kappa shape index (κ2) is 7.20. The van der Waals surface area contributed by atoms with Gasteiger partial charge < -0.3 is 5.32 Å². The smallest absolute Gasteiger partial charge is 0.304 e. The molecule has 0 saturated heterocycles. The van der Waals surface area contributed by atoms with E-state index in [0.717, 1.165) is 21.6 Å². The zero-order valence-electron chi connectivity index (χ0n) is 14.9. The fourth-order valence-electron chi connectivity index (χ4n) is 2.86. The number of aryl methyl sites for hydroxylation is 1. The van der Waals surface area contributed by atoms with Gasteiger partial charge >= 0.3 is 6.18 Å². The number of alkyl halides is 3. The van der Waals surface area contributed by atoms with Crippen LogP contribution in [0.5, 0.6) is 0 Å². The lowest BCUT2D eigenvalue weighted by molar-refractivity contribution is -0.140. The van der Waals surface area contributed by atoms with Crippen LogP contribution in [0.1, 0.15) is 20.9 Å². The van der Waals surface area contributed by atoms with E-state index in [2.05, 4.69) is 15.5 Å². The van der Waals surface area contributed by atoms with Crippen molar-refractivity contribution in [1.29, 1.82) is 0 Å². The molecule has 1 N–H and O–H groups in total. The average Bonchev–Trinajstić information content (AvgIpc) is 3.33. The van der Waals surface area contributed by atoms with E-state index in [1.807, 2.05) is 18.2 Å². The highest BCUT2D eigenvalue weighted by Gasteiger charge is 2.37. The van der Waals surface area contributed by atoms with E-state index in [1.54, 1.807) is 23.0 Å². The van der Waals surface area contributed by atoms with Gasteiger partial charge in [0.15, 0.2) is 11.5 Å². The number of fused-ring (bicyclic) bond motifs is 1. The zero-order chi connectivity index (χ0) is 20.8. The monoisotopic (exact) mass is 439 g/mol. The van der Waals surface area contributed by atoms with Gasteiger partial charge in [0.1, 0.15) is 4.83 Å². The number of hydrogen-bond acceptors (Lipinski definition) is 4. The first-order valence-corrected chi connectivity index (χ1v) is 9.54. The van der Waals surface area contributed by atoms with Crippen molar-refractivity contribution in [3.63, 3.8) is 0 Å². The number of nitrogens with zero attached hydrogens (tertiary/aromatic N) is 4. The van der Waals surface area contributed by atoms with Crippen LogP contribution in [-0.4, -0.2) is 25.5 Å². The molecular formula is C18H13ClF3N5OS. The standard InChI is InChI=1S/C18H13ClF3N5OS/c1-26-17-11(15(25-26)18(20,21)22)8-13(29-17)16(28)23-14-6-7-27(24-14)9-10-4-2-3-5-12(10)19/h2-8H,9H2,1H3,(H,23,24,28). The Morgan fingerprint density at radius 1 is 1.24 bits per heavy atom. The molecule has 0 atom stereocenters. The molecule has 11 heteroatoms. The Hall–Kier alpha value is -2.85. The molecule has 6 nitrogen and oxygen atoms in total. The quantitative estimate of drug-likeness (QED) is 0.496. The van der Waals surface area contributed by atoms with Crippen LogP contribution in [0.4, 0.5) is 19.0 Å². The molecule has 3 aromatic heterocycles. The third-order valence-electron chi connectivity index (χ3n) is 4.18. The fourth-order valence-corrected chi connectivity index (χ4v) is 4.02. The lowest BCUT2D eigenvalue weighted by Gasteiger charge is -2.04. The van der Waals surface area contributed by atoms with E-state index in [1.165, 1.54) is 13.1 Å². The van der Waals surface area contributed by atoms with Gasteiger partial charge in [0.2, 0.25) is 0 Å². The maximum atomic E-state index is 13.1. The Morgan fingerprint density at radius 2 is 2.00 bits per heavy atom. The van der Waals surface area contributed by atoms with Gasteiger partial charge in [-0.15, -0.1) is 11.3 Å². The summed E-state index contributed by atoms with van der Waals surface area (Å²) in [5.41, 5.74) is -0.138. The van der Waals surface area contributed by atoms with E-state index in [9.17, 15) is 18.0 Å². The van der Waals surface area contributed by atoms with Crippen LogP contribution in [0, 0.1) is 0 Å². The number of aromatic nitrogens is 4. The minimum absolute atomic E-state index is 0.0978. The Morgan fingerprint density at radius 3 is 2.72 bits per heavy atom. The molecule has 0 aliphatic rings. The zero-order valence-corrected chi connectivity index (χ0v) is 16.4. The first-order chi connectivity index (χ1) is 13.7.